The van der Waals surface area contributed by atoms with Crippen LogP contribution in [0.1, 0.15) is 0 Å². The Morgan fingerprint density at radius 1 is 1.46 bits per heavy atom. The molecule has 0 aromatic heterocycles. The van der Waals surface area contributed by atoms with Crippen LogP contribution in [0.5, 0.6) is 0 Å². The Bertz CT molecular complexity index is 224. The lowest BCUT2D eigenvalue weighted by Crippen LogP contribution is -2.27. The molecule has 0 bridgehead atoms. The van der Waals surface area contributed by atoms with Gasteiger partial charge in [-0.05, 0) is 0 Å². The summed E-state index contributed by atoms with van der Waals surface area (Å²) >= 11 is 0. The molecule has 0 N–H and O–H groups in total. The Morgan fingerprint density at radius 2 is 2.15 bits per heavy atom. The van der Waals surface area contributed by atoms with Crippen molar-refractivity contribution in [3.05, 3.63) is 11.8 Å². The summed E-state index contributed by atoms with van der Waals surface area (Å²) < 4.78 is 10.7. The van der Waals surface area contributed by atoms with Crippen molar-refractivity contribution in [3.63, 3.8) is 0 Å². The number of ether oxygens (including phenoxy) is 2. The molecule has 0 saturated carbocycles. The van der Waals surface area contributed by atoms with E-state index in [0.717, 1.165) is 12.1 Å². The predicted octanol–water partition coefficient (Wildman–Crippen LogP) is 0.835. The highest BCUT2D eigenvalue weighted by molar-refractivity contribution is 14.0. The first kappa shape index (κ1) is 10.9. The Morgan fingerprint density at radius 3 is 2.77 bits per heavy atom. The predicted molar refractivity (Wildman–Crippen MR) is 60.3 cm³/mol. The molecule has 0 aromatic rings. The van der Waals surface area contributed by atoms with E-state index in [1.54, 1.807) is 6.34 Å². The molecule has 1 saturated heterocycles. The minimum absolute atomic E-state index is 0. The molecule has 0 radical (unpaired) electrons. The fourth-order valence-electron chi connectivity index (χ4n) is 1.32. The van der Waals surface area contributed by atoms with Crippen LogP contribution in [0.25, 0.3) is 0 Å². The van der Waals surface area contributed by atoms with Crippen molar-refractivity contribution in [2.24, 2.45) is 4.99 Å². The summed E-state index contributed by atoms with van der Waals surface area (Å²) in [6.45, 7) is 2.22. The van der Waals surface area contributed by atoms with Gasteiger partial charge in [0.15, 0.2) is 6.29 Å². The van der Waals surface area contributed by atoms with E-state index in [9.17, 15) is 0 Å². The average molecular weight is 296 g/mol. The average Bonchev–Trinajstić information content (AvgIpc) is 2.56. The van der Waals surface area contributed by atoms with Crippen LogP contribution in [0.4, 0.5) is 0 Å². The maximum Gasteiger partial charge on any atom is 0.183 e. The molecule has 13 heavy (non-hydrogen) atoms. The van der Waals surface area contributed by atoms with Gasteiger partial charge in [-0.1, -0.05) is 0 Å². The fourth-order valence-corrected chi connectivity index (χ4v) is 1.32. The molecule has 74 valence electrons. The van der Waals surface area contributed by atoms with E-state index in [0.29, 0.717) is 13.2 Å². The first-order valence-corrected chi connectivity index (χ1v) is 4.02. The summed E-state index contributed by atoms with van der Waals surface area (Å²) in [6.07, 6.45) is 3.44. The maximum atomic E-state index is 5.35. The number of nitrogens with zero attached hydrogens (tertiary/aromatic N) is 2. The summed E-state index contributed by atoms with van der Waals surface area (Å²) in [5.74, 6) is 0. The summed E-state index contributed by atoms with van der Waals surface area (Å²) in [5.41, 5.74) is 1.09. The van der Waals surface area contributed by atoms with Gasteiger partial charge in [0, 0.05) is 25.4 Å². The van der Waals surface area contributed by atoms with Gasteiger partial charge in [0.25, 0.3) is 0 Å². The van der Waals surface area contributed by atoms with Gasteiger partial charge in [0.05, 0.1) is 19.6 Å². The number of likely N-dealkylation sites (N-methyl/N-ethyl adjacent to an activating group) is 1. The highest BCUT2D eigenvalue weighted by Gasteiger charge is 2.22. The topological polar surface area (TPSA) is 34.1 Å². The van der Waals surface area contributed by atoms with Crippen LogP contribution in [0, 0.1) is 0 Å². The van der Waals surface area contributed by atoms with Gasteiger partial charge in [-0.25, -0.2) is 4.99 Å². The van der Waals surface area contributed by atoms with Crippen LogP contribution in [0.3, 0.4) is 0 Å². The molecule has 2 aliphatic rings. The highest BCUT2D eigenvalue weighted by atomic mass is 127. The van der Waals surface area contributed by atoms with E-state index in [-0.39, 0.29) is 30.3 Å². The number of rotatable bonds is 1. The molecule has 2 aliphatic heterocycles. The molecule has 0 amide bonds. The van der Waals surface area contributed by atoms with Crippen LogP contribution in [0.2, 0.25) is 0 Å². The van der Waals surface area contributed by atoms with Crippen LogP contribution in [-0.2, 0) is 9.47 Å². The van der Waals surface area contributed by atoms with Gasteiger partial charge >= 0.3 is 0 Å². The van der Waals surface area contributed by atoms with Crippen molar-refractivity contribution in [2.75, 3.05) is 26.8 Å². The quantitative estimate of drug-likeness (QED) is 0.672. The third kappa shape index (κ3) is 2.65. The van der Waals surface area contributed by atoms with Crippen molar-refractivity contribution < 1.29 is 9.47 Å². The Balaban J connectivity index is 0.000000845. The third-order valence-corrected chi connectivity index (χ3v) is 1.86. The second-order valence-electron chi connectivity index (χ2n) is 2.96. The van der Waals surface area contributed by atoms with E-state index >= 15 is 0 Å². The highest BCUT2D eigenvalue weighted by Crippen LogP contribution is 2.16. The third-order valence-electron chi connectivity index (χ3n) is 1.86. The fraction of sp³-hybridized carbons (Fsp3) is 0.625. The number of aliphatic imine (C=N–C) groups is 1. The molecule has 2 heterocycles. The molecular weight excluding hydrogens is 283 g/mol. The lowest BCUT2D eigenvalue weighted by Gasteiger charge is -2.21. The monoisotopic (exact) mass is 296 g/mol. The van der Waals surface area contributed by atoms with E-state index in [1.807, 2.05) is 18.1 Å². The van der Waals surface area contributed by atoms with Gasteiger partial charge in [0.2, 0.25) is 0 Å². The van der Waals surface area contributed by atoms with Crippen molar-refractivity contribution >= 4 is 30.3 Å². The lowest BCUT2D eigenvalue weighted by molar-refractivity contribution is -0.0143. The zero-order chi connectivity index (χ0) is 8.39. The van der Waals surface area contributed by atoms with Gasteiger partial charge in [-0.15, -0.1) is 24.0 Å². The molecule has 0 unspecified atom stereocenters. The smallest absolute Gasteiger partial charge is 0.183 e. The molecule has 0 aromatic carbocycles. The molecule has 5 heteroatoms. The molecule has 0 atom stereocenters. The maximum absolute atomic E-state index is 5.35. The normalized spacial score (nSPS) is 22.8. The van der Waals surface area contributed by atoms with Crippen molar-refractivity contribution in [1.82, 2.24) is 4.90 Å². The molecule has 0 aliphatic carbocycles. The molecule has 2 rings (SSSR count). The van der Waals surface area contributed by atoms with E-state index < -0.39 is 0 Å². The van der Waals surface area contributed by atoms with Crippen molar-refractivity contribution in [3.8, 4) is 0 Å². The summed E-state index contributed by atoms with van der Waals surface area (Å²) in [7, 11) is 1.98. The number of hydrogen-bond acceptors (Lipinski definition) is 4. The Labute approximate surface area is 94.6 Å². The van der Waals surface area contributed by atoms with Crippen LogP contribution in [-0.4, -0.2) is 44.3 Å². The lowest BCUT2D eigenvalue weighted by atomic mass is 10.2. The first-order valence-electron chi connectivity index (χ1n) is 4.02. The second kappa shape index (κ2) is 4.92. The molecular formula is C8H13IN2O2. The standard InChI is InChI=1S/C8H12N2O2.HI/c1-10-5-7(4-9-6-10)8-11-2-3-12-8;/h4,6,8H,2-3,5H2,1H3;1H. The minimum Gasteiger partial charge on any atom is -0.361 e. The van der Waals surface area contributed by atoms with E-state index in [4.69, 9.17) is 9.47 Å². The van der Waals surface area contributed by atoms with Gasteiger partial charge in [-0.3, -0.25) is 0 Å². The van der Waals surface area contributed by atoms with E-state index in [2.05, 4.69) is 4.99 Å². The van der Waals surface area contributed by atoms with E-state index in [1.165, 1.54) is 0 Å². The molecule has 0 spiro atoms. The van der Waals surface area contributed by atoms with Gasteiger partial charge in [-0.2, -0.15) is 0 Å². The summed E-state index contributed by atoms with van der Waals surface area (Å²) in [6, 6.07) is 0. The number of hydrogen-bond donors (Lipinski definition) is 0. The second-order valence-corrected chi connectivity index (χ2v) is 2.96. The zero-order valence-electron chi connectivity index (χ0n) is 7.47. The van der Waals surface area contributed by atoms with Crippen molar-refractivity contribution in [1.29, 1.82) is 0 Å². The van der Waals surface area contributed by atoms with Crippen molar-refractivity contribution in [2.45, 2.75) is 6.29 Å². The Kier molecular flexibility index (Phi) is 4.14. The number of halogens is 1. The zero-order valence-corrected chi connectivity index (χ0v) is 9.80. The van der Waals surface area contributed by atoms with Crippen LogP contribution < -0.4 is 0 Å². The largest absolute Gasteiger partial charge is 0.361 e. The molecule has 4 nitrogen and oxygen atoms in total. The SMILES string of the molecule is CN1C=NC=C(C2OCCO2)C1.I. The Hall–Kier alpha value is -0.140. The minimum atomic E-state index is -0.162. The first-order chi connectivity index (χ1) is 5.86. The van der Waals surface area contributed by atoms with Crippen LogP contribution in [0.15, 0.2) is 16.8 Å². The summed E-state index contributed by atoms with van der Waals surface area (Å²) in [5, 5.41) is 0. The summed E-state index contributed by atoms with van der Waals surface area (Å²) in [4.78, 5) is 6.06. The van der Waals surface area contributed by atoms with Gasteiger partial charge in [0.1, 0.15) is 0 Å². The molecule has 1 fully saturated rings. The van der Waals surface area contributed by atoms with Crippen LogP contribution >= 0.6 is 24.0 Å². The van der Waals surface area contributed by atoms with Gasteiger partial charge < -0.3 is 14.4 Å².